The Kier molecular flexibility index (Phi) is 5.07. The molecular formula is C24H27F4N5O. The van der Waals surface area contributed by atoms with E-state index in [0.29, 0.717) is 11.5 Å². The van der Waals surface area contributed by atoms with Crippen molar-refractivity contribution in [1.29, 1.82) is 0 Å². The minimum atomic E-state index is -4.57. The molecule has 3 aliphatic rings. The molecule has 6 nitrogen and oxygen atoms in total. The fourth-order valence-electron chi connectivity index (χ4n) is 5.87. The van der Waals surface area contributed by atoms with Gasteiger partial charge in [-0.15, -0.1) is 0 Å². The van der Waals surface area contributed by atoms with E-state index < -0.39 is 30.0 Å². The maximum absolute atomic E-state index is 13.9. The van der Waals surface area contributed by atoms with E-state index in [4.69, 9.17) is 0 Å². The first-order chi connectivity index (χ1) is 15.9. The summed E-state index contributed by atoms with van der Waals surface area (Å²) in [7, 11) is 0. The molecule has 0 radical (unpaired) electrons. The monoisotopic (exact) mass is 477 g/mol. The van der Waals surface area contributed by atoms with Gasteiger partial charge in [-0.1, -0.05) is 32.9 Å². The number of alkyl halides is 3. The molecule has 2 aromatic rings. The van der Waals surface area contributed by atoms with Gasteiger partial charge in [0.05, 0.1) is 6.04 Å². The van der Waals surface area contributed by atoms with Crippen LogP contribution in [0.25, 0.3) is 0 Å². The second-order valence-electron chi connectivity index (χ2n) is 10.4. The number of carbonyl (C=O) groups is 1. The molecule has 182 valence electrons. The second-order valence-corrected chi connectivity index (χ2v) is 10.4. The number of amides is 1. The molecule has 5 rings (SSSR count). The third-order valence-electron chi connectivity index (χ3n) is 8.50. The van der Waals surface area contributed by atoms with Gasteiger partial charge in [-0.2, -0.15) is 23.4 Å². The number of hydrogen-bond donors (Lipinski definition) is 2. The number of hydrogen-bond acceptors (Lipinski definition) is 4. The summed E-state index contributed by atoms with van der Waals surface area (Å²) in [5.74, 6) is -0.535. The summed E-state index contributed by atoms with van der Waals surface area (Å²) in [5, 5.41) is 11.4. The number of halogens is 4. The number of fused-ring (bicyclic) bond motifs is 3. The van der Waals surface area contributed by atoms with Crippen molar-refractivity contribution in [2.24, 2.45) is 21.8 Å². The molecule has 0 spiro atoms. The minimum absolute atomic E-state index is 0.0775. The smallest absolute Gasteiger partial charge is 0.363 e. The van der Waals surface area contributed by atoms with E-state index in [0.717, 1.165) is 29.7 Å². The first kappa shape index (κ1) is 22.9. The van der Waals surface area contributed by atoms with Crippen molar-refractivity contribution >= 4 is 17.4 Å². The number of aromatic nitrogens is 2. The molecule has 0 unspecified atom stereocenters. The van der Waals surface area contributed by atoms with E-state index in [1.807, 2.05) is 0 Å². The quantitative estimate of drug-likeness (QED) is 0.446. The van der Waals surface area contributed by atoms with Gasteiger partial charge in [0.25, 0.3) is 5.91 Å². The lowest BCUT2D eigenvalue weighted by molar-refractivity contribution is -0.173. The van der Waals surface area contributed by atoms with Crippen molar-refractivity contribution < 1.29 is 22.4 Å². The molecular weight excluding hydrogens is 450 g/mol. The van der Waals surface area contributed by atoms with Crippen LogP contribution in [0.4, 0.5) is 23.4 Å². The van der Waals surface area contributed by atoms with Gasteiger partial charge < -0.3 is 5.32 Å². The highest BCUT2D eigenvalue weighted by Gasteiger charge is 2.60. The summed E-state index contributed by atoms with van der Waals surface area (Å²) in [6, 6.07) is 4.00. The highest BCUT2D eigenvalue weighted by Crippen LogP contribution is 2.63. The summed E-state index contributed by atoms with van der Waals surface area (Å²) in [4.78, 5) is 12.8. The molecule has 1 aliphatic heterocycles. The normalized spacial score (nSPS) is 30.8. The molecule has 2 aliphatic carbocycles. The lowest BCUT2D eigenvalue weighted by atomic mass is 9.70. The first-order valence-electron chi connectivity index (χ1n) is 11.5. The maximum atomic E-state index is 13.9. The van der Waals surface area contributed by atoms with Crippen molar-refractivity contribution in [3.8, 4) is 0 Å². The predicted octanol–water partition coefficient (Wildman–Crippen LogP) is 5.61. The van der Waals surface area contributed by atoms with E-state index in [9.17, 15) is 22.4 Å². The Morgan fingerprint density at radius 1 is 1.24 bits per heavy atom. The summed E-state index contributed by atoms with van der Waals surface area (Å²) in [6.07, 6.45) is -1.97. The number of nitrogens with zero attached hydrogens (tertiary/aromatic N) is 3. The highest BCUT2D eigenvalue weighted by molar-refractivity contribution is 5.97. The molecule has 10 heteroatoms. The molecule has 2 heterocycles. The number of benzene rings is 1. The van der Waals surface area contributed by atoms with Gasteiger partial charge >= 0.3 is 6.18 Å². The van der Waals surface area contributed by atoms with Gasteiger partial charge in [0.2, 0.25) is 0 Å². The van der Waals surface area contributed by atoms with Crippen LogP contribution >= 0.6 is 0 Å². The van der Waals surface area contributed by atoms with Gasteiger partial charge in [-0.3, -0.25) is 4.79 Å². The van der Waals surface area contributed by atoms with E-state index >= 15 is 0 Å². The fourth-order valence-corrected chi connectivity index (χ4v) is 5.87. The number of rotatable bonds is 3. The Morgan fingerprint density at radius 2 is 1.94 bits per heavy atom. The Bertz CT molecular complexity index is 1150. The van der Waals surface area contributed by atoms with Gasteiger partial charge in [-0.25, -0.2) is 14.5 Å². The van der Waals surface area contributed by atoms with E-state index in [1.54, 1.807) is 0 Å². The second kappa shape index (κ2) is 7.55. The summed E-state index contributed by atoms with van der Waals surface area (Å²) >= 11 is 0. The van der Waals surface area contributed by atoms with Crippen LogP contribution in [0, 0.1) is 22.6 Å². The van der Waals surface area contributed by atoms with Crippen molar-refractivity contribution in [3.63, 3.8) is 0 Å². The topological polar surface area (TPSA) is 71.3 Å². The predicted molar refractivity (Wildman–Crippen MR) is 119 cm³/mol. The Hall–Kier alpha value is -2.91. The Balaban J connectivity index is 1.39. The number of hydrazone groups is 1. The average Bonchev–Trinajstić information content (AvgIpc) is 3.35. The van der Waals surface area contributed by atoms with Gasteiger partial charge in [0.1, 0.15) is 11.6 Å². The van der Waals surface area contributed by atoms with Crippen LogP contribution in [0.15, 0.2) is 35.4 Å². The number of anilines is 1. The van der Waals surface area contributed by atoms with Crippen molar-refractivity contribution in [3.05, 3.63) is 47.4 Å². The third-order valence-corrected chi connectivity index (χ3v) is 8.50. The van der Waals surface area contributed by atoms with E-state index in [2.05, 4.69) is 41.7 Å². The van der Waals surface area contributed by atoms with Crippen LogP contribution < -0.4 is 10.7 Å². The first-order valence-corrected chi connectivity index (χ1v) is 11.5. The van der Waals surface area contributed by atoms with Crippen LogP contribution in [0.2, 0.25) is 0 Å². The minimum Gasteiger partial charge on any atom is -0.363 e. The Labute approximate surface area is 194 Å². The molecule has 2 bridgehead atoms. The SMILES string of the molecule is CC1(C)[C@@H]2CC[C@@]1(C)/C(=N/NC(=O)c1cc3n(n1)[C@@H](C(F)(F)F)C[C@@H](c1ccc(F)cc1)N3)C2. The van der Waals surface area contributed by atoms with Gasteiger partial charge in [-0.05, 0) is 48.3 Å². The molecule has 2 fully saturated rings. The van der Waals surface area contributed by atoms with Crippen molar-refractivity contribution in [1.82, 2.24) is 15.2 Å². The summed E-state index contributed by atoms with van der Waals surface area (Å²) in [6.45, 7) is 6.60. The molecule has 0 saturated heterocycles. The van der Waals surface area contributed by atoms with E-state index in [-0.39, 0.29) is 28.8 Å². The molecule has 2 saturated carbocycles. The average molecular weight is 478 g/mol. The molecule has 1 amide bonds. The third kappa shape index (κ3) is 3.49. The lowest BCUT2D eigenvalue weighted by Gasteiger charge is -2.34. The molecule has 4 atom stereocenters. The zero-order chi connectivity index (χ0) is 24.5. The van der Waals surface area contributed by atoms with Gasteiger partial charge in [0.15, 0.2) is 11.7 Å². The molecule has 1 aromatic carbocycles. The van der Waals surface area contributed by atoms with Crippen LogP contribution in [0.3, 0.4) is 0 Å². The maximum Gasteiger partial charge on any atom is 0.410 e. The Morgan fingerprint density at radius 3 is 2.53 bits per heavy atom. The zero-order valence-electron chi connectivity index (χ0n) is 19.2. The number of carbonyl (C=O) groups excluding carboxylic acids is 1. The number of nitrogens with one attached hydrogen (secondary N) is 2. The van der Waals surface area contributed by atoms with Crippen LogP contribution in [0.5, 0.6) is 0 Å². The van der Waals surface area contributed by atoms with Crippen molar-refractivity contribution in [2.45, 2.75) is 64.7 Å². The summed E-state index contributed by atoms with van der Waals surface area (Å²) < 4.78 is 55.7. The highest BCUT2D eigenvalue weighted by atomic mass is 19.4. The molecule has 1 aromatic heterocycles. The van der Waals surface area contributed by atoms with Crippen LogP contribution in [-0.2, 0) is 0 Å². The largest absolute Gasteiger partial charge is 0.410 e. The standard InChI is InChI=1S/C24H27F4N5O/c1-22(2)14-8-9-23(22,3)18(10-14)30-31-21(34)17-12-20-29-16(13-4-6-15(25)7-5-13)11-19(24(26,27)28)33(20)32-17/h4-7,12,14,16,19,29H,8-11H2,1-3H3,(H,31,34)/b30-18+/t14-,16+,19-,23+/m1/s1. The van der Waals surface area contributed by atoms with Gasteiger partial charge in [0, 0.05) is 23.6 Å². The van der Waals surface area contributed by atoms with Crippen molar-refractivity contribution in [2.75, 3.05) is 5.32 Å². The molecule has 34 heavy (non-hydrogen) atoms. The van der Waals surface area contributed by atoms with Crippen LogP contribution in [0.1, 0.15) is 74.6 Å². The zero-order valence-corrected chi connectivity index (χ0v) is 19.2. The lowest BCUT2D eigenvalue weighted by Crippen LogP contribution is -2.36. The fraction of sp³-hybridized carbons (Fsp3) is 0.542. The molecule has 2 N–H and O–H groups in total. The van der Waals surface area contributed by atoms with Crippen LogP contribution in [-0.4, -0.2) is 27.6 Å². The summed E-state index contributed by atoms with van der Waals surface area (Å²) in [5.41, 5.74) is 3.80. The van der Waals surface area contributed by atoms with E-state index in [1.165, 1.54) is 30.3 Å².